The Morgan fingerprint density at radius 3 is 2.55 bits per heavy atom. The predicted molar refractivity (Wildman–Crippen MR) is 66.1 cm³/mol. The van der Waals surface area contributed by atoms with Crippen molar-refractivity contribution in [2.75, 3.05) is 6.54 Å². The molecule has 5 nitrogen and oxygen atoms in total. The van der Waals surface area contributed by atoms with Gasteiger partial charge in [-0.1, -0.05) is 16.7 Å². The summed E-state index contributed by atoms with van der Waals surface area (Å²) in [4.78, 5) is 2.44. The Balaban J connectivity index is 3.04. The minimum Gasteiger partial charge on any atom is -0.390 e. The lowest BCUT2D eigenvalue weighted by molar-refractivity contribution is -0.139. The molecule has 0 saturated heterocycles. The highest BCUT2D eigenvalue weighted by Gasteiger charge is 2.36. The van der Waals surface area contributed by atoms with E-state index in [1.54, 1.807) is 0 Å². The van der Waals surface area contributed by atoms with Gasteiger partial charge in [-0.2, -0.15) is 13.2 Å². The van der Waals surface area contributed by atoms with Crippen LogP contribution < -0.4 is 0 Å². The van der Waals surface area contributed by atoms with Crippen LogP contribution in [0, 0.1) is 0 Å². The number of aliphatic hydroxyl groups is 2. The maximum Gasteiger partial charge on any atom is 0.416 e. The molecule has 1 rings (SSSR count). The first-order valence-electron chi connectivity index (χ1n) is 5.51. The second-order valence-corrected chi connectivity index (χ2v) is 4.42. The molecule has 0 radical (unpaired) electrons. The van der Waals surface area contributed by atoms with Gasteiger partial charge >= 0.3 is 6.18 Å². The van der Waals surface area contributed by atoms with Crippen molar-refractivity contribution in [2.45, 2.75) is 24.8 Å². The van der Waals surface area contributed by atoms with E-state index in [0.29, 0.717) is 0 Å². The number of hydrogen-bond donors (Lipinski definition) is 2. The summed E-state index contributed by atoms with van der Waals surface area (Å²) in [6, 6.07) is 2.74. The van der Waals surface area contributed by atoms with Crippen LogP contribution in [0.5, 0.6) is 0 Å². The van der Waals surface area contributed by atoms with E-state index < -0.39 is 29.5 Å². The van der Waals surface area contributed by atoms with Crippen LogP contribution in [0.2, 0.25) is 5.02 Å². The molecule has 0 saturated carbocycles. The summed E-state index contributed by atoms with van der Waals surface area (Å²) in [5.41, 5.74) is 6.48. The smallest absolute Gasteiger partial charge is 0.390 e. The molecule has 0 amide bonds. The lowest BCUT2D eigenvalue weighted by atomic mass is 9.97. The van der Waals surface area contributed by atoms with Gasteiger partial charge in [-0.15, -0.1) is 0 Å². The third-order valence-electron chi connectivity index (χ3n) is 2.59. The first-order chi connectivity index (χ1) is 9.27. The van der Waals surface area contributed by atoms with Gasteiger partial charge in [0, 0.05) is 16.5 Å². The normalized spacial score (nSPS) is 14.5. The Morgan fingerprint density at radius 1 is 1.35 bits per heavy atom. The van der Waals surface area contributed by atoms with Crippen LogP contribution in [-0.4, -0.2) is 22.9 Å². The zero-order valence-corrected chi connectivity index (χ0v) is 10.8. The van der Waals surface area contributed by atoms with Crippen molar-refractivity contribution in [3.05, 3.63) is 44.8 Å². The largest absolute Gasteiger partial charge is 0.416 e. The SMILES string of the molecule is [N-]=[N+]=NCCC(O)C(O)c1cc(Cl)ccc1C(F)(F)F. The molecule has 20 heavy (non-hydrogen) atoms. The average Bonchev–Trinajstić information content (AvgIpc) is 2.36. The van der Waals surface area contributed by atoms with Crippen molar-refractivity contribution in [2.24, 2.45) is 5.11 Å². The molecule has 0 aliphatic heterocycles. The van der Waals surface area contributed by atoms with Crippen LogP contribution in [0.1, 0.15) is 23.7 Å². The van der Waals surface area contributed by atoms with Gasteiger partial charge in [0.2, 0.25) is 0 Å². The topological polar surface area (TPSA) is 89.2 Å². The minimum atomic E-state index is -4.68. The molecular weight excluding hydrogens is 299 g/mol. The summed E-state index contributed by atoms with van der Waals surface area (Å²) in [6.07, 6.45) is -8.13. The molecular formula is C11H11ClF3N3O2. The lowest BCUT2D eigenvalue weighted by Crippen LogP contribution is -2.22. The average molecular weight is 310 g/mol. The number of benzene rings is 1. The van der Waals surface area contributed by atoms with Gasteiger partial charge < -0.3 is 10.2 Å². The third kappa shape index (κ3) is 4.28. The van der Waals surface area contributed by atoms with Gasteiger partial charge in [-0.3, -0.25) is 0 Å². The molecule has 0 fully saturated rings. The molecule has 1 aromatic carbocycles. The van der Waals surface area contributed by atoms with E-state index in [0.717, 1.165) is 18.2 Å². The van der Waals surface area contributed by atoms with Crippen molar-refractivity contribution in [1.82, 2.24) is 0 Å². The van der Waals surface area contributed by atoms with Gasteiger partial charge in [-0.25, -0.2) is 0 Å². The zero-order valence-electron chi connectivity index (χ0n) is 10.0. The molecule has 2 N–H and O–H groups in total. The van der Waals surface area contributed by atoms with Gasteiger partial charge in [0.25, 0.3) is 0 Å². The summed E-state index contributed by atoms with van der Waals surface area (Å²) in [7, 11) is 0. The quantitative estimate of drug-likeness (QED) is 0.495. The van der Waals surface area contributed by atoms with E-state index in [1.807, 2.05) is 0 Å². The highest BCUT2D eigenvalue weighted by molar-refractivity contribution is 6.30. The fourth-order valence-corrected chi connectivity index (χ4v) is 1.82. The number of halogens is 4. The highest BCUT2D eigenvalue weighted by Crippen LogP contribution is 2.37. The van der Waals surface area contributed by atoms with Crippen LogP contribution in [0.15, 0.2) is 23.3 Å². The highest BCUT2D eigenvalue weighted by atomic mass is 35.5. The summed E-state index contributed by atoms with van der Waals surface area (Å²) in [6.45, 7) is -0.142. The van der Waals surface area contributed by atoms with Gasteiger partial charge in [-0.05, 0) is 35.7 Å². The molecule has 0 bridgehead atoms. The van der Waals surface area contributed by atoms with Crippen molar-refractivity contribution < 1.29 is 23.4 Å². The van der Waals surface area contributed by atoms with Crippen LogP contribution in [0.4, 0.5) is 13.2 Å². The Hall–Kier alpha value is -1.47. The predicted octanol–water partition coefficient (Wildman–Crippen LogP) is 3.45. The molecule has 0 aromatic heterocycles. The van der Waals surface area contributed by atoms with Crippen molar-refractivity contribution in [3.8, 4) is 0 Å². The molecule has 1 aromatic rings. The van der Waals surface area contributed by atoms with E-state index in [2.05, 4.69) is 10.0 Å². The van der Waals surface area contributed by atoms with Crippen LogP contribution in [0.3, 0.4) is 0 Å². The number of nitrogens with zero attached hydrogens (tertiary/aromatic N) is 3. The van der Waals surface area contributed by atoms with E-state index in [-0.39, 0.29) is 18.0 Å². The first-order valence-corrected chi connectivity index (χ1v) is 5.88. The Morgan fingerprint density at radius 2 is 2.00 bits per heavy atom. The molecule has 0 heterocycles. The summed E-state index contributed by atoms with van der Waals surface area (Å²) in [5.74, 6) is 0. The van der Waals surface area contributed by atoms with Crippen molar-refractivity contribution in [3.63, 3.8) is 0 Å². The van der Waals surface area contributed by atoms with E-state index >= 15 is 0 Å². The fourth-order valence-electron chi connectivity index (χ4n) is 1.64. The first kappa shape index (κ1) is 16.6. The Kier molecular flexibility index (Phi) is 5.64. The molecule has 2 atom stereocenters. The fraction of sp³-hybridized carbons (Fsp3) is 0.455. The van der Waals surface area contributed by atoms with Crippen LogP contribution >= 0.6 is 11.6 Å². The number of hydrogen-bond acceptors (Lipinski definition) is 3. The number of alkyl halides is 3. The molecule has 0 aliphatic rings. The molecule has 0 spiro atoms. The summed E-state index contributed by atoms with van der Waals surface area (Å²) >= 11 is 5.62. The van der Waals surface area contributed by atoms with Crippen molar-refractivity contribution in [1.29, 1.82) is 0 Å². The minimum absolute atomic E-state index is 0.00861. The zero-order chi connectivity index (χ0) is 15.3. The lowest BCUT2D eigenvalue weighted by Gasteiger charge is -2.21. The van der Waals surface area contributed by atoms with E-state index in [1.165, 1.54) is 0 Å². The van der Waals surface area contributed by atoms with E-state index in [9.17, 15) is 23.4 Å². The molecule has 9 heteroatoms. The molecule has 0 aliphatic carbocycles. The van der Waals surface area contributed by atoms with Crippen LogP contribution in [-0.2, 0) is 6.18 Å². The van der Waals surface area contributed by atoms with Gasteiger partial charge in [0.15, 0.2) is 0 Å². The monoisotopic (exact) mass is 309 g/mol. The van der Waals surface area contributed by atoms with Crippen LogP contribution in [0.25, 0.3) is 10.4 Å². The maximum absolute atomic E-state index is 12.8. The summed E-state index contributed by atoms with van der Waals surface area (Å²) in [5, 5.41) is 22.6. The standard InChI is InChI=1S/C11H11ClF3N3O2/c12-6-1-2-8(11(13,14)15)7(5-6)10(20)9(19)3-4-17-18-16/h1-2,5,9-10,19-20H,3-4H2. The molecule has 110 valence electrons. The second kappa shape index (κ2) is 6.81. The summed E-state index contributed by atoms with van der Waals surface area (Å²) < 4.78 is 38.4. The van der Waals surface area contributed by atoms with Gasteiger partial charge in [0.05, 0.1) is 11.7 Å². The maximum atomic E-state index is 12.8. The molecule has 2 unspecified atom stereocenters. The Labute approximate surface area is 117 Å². The van der Waals surface area contributed by atoms with Gasteiger partial charge in [0.1, 0.15) is 6.10 Å². The third-order valence-corrected chi connectivity index (χ3v) is 2.83. The number of rotatable bonds is 5. The Bertz CT molecular complexity index is 518. The number of aliphatic hydroxyl groups excluding tert-OH is 2. The second-order valence-electron chi connectivity index (χ2n) is 3.98. The van der Waals surface area contributed by atoms with Crippen molar-refractivity contribution >= 4 is 11.6 Å². The number of azide groups is 1. The van der Waals surface area contributed by atoms with E-state index in [4.69, 9.17) is 17.1 Å².